The molecule has 1 rings (SSSR count). The first-order valence-corrected chi connectivity index (χ1v) is 6.88. The smallest absolute Gasteiger partial charge is 0.221 e. The maximum absolute atomic E-state index is 11.2. The molecule has 0 aliphatic heterocycles. The Morgan fingerprint density at radius 2 is 2.00 bits per heavy atom. The summed E-state index contributed by atoms with van der Waals surface area (Å²) in [7, 11) is 0. The molecule has 6 heteroatoms. The molecule has 2 N–H and O–H groups in total. The van der Waals surface area contributed by atoms with Crippen LogP contribution in [-0.2, 0) is 22.4 Å². The van der Waals surface area contributed by atoms with Gasteiger partial charge in [0.15, 0.2) is 11.1 Å². The van der Waals surface area contributed by atoms with Crippen LogP contribution in [0.5, 0.6) is 0 Å². The fraction of sp³-hybridized carbons (Fsp3) is 0.300. The summed E-state index contributed by atoms with van der Waals surface area (Å²) in [6.07, 6.45) is 0.443. The maximum Gasteiger partial charge on any atom is 0.221 e. The highest BCUT2D eigenvalue weighted by Gasteiger charge is 2.01. The SMILES string of the molecule is O=C(CCBr)NCc1ccc(S(=O)O)cc1. The van der Waals surface area contributed by atoms with Gasteiger partial charge in [-0.2, -0.15) is 0 Å². The molecule has 1 aromatic carbocycles. The van der Waals surface area contributed by atoms with E-state index in [1.54, 1.807) is 24.3 Å². The lowest BCUT2D eigenvalue weighted by molar-refractivity contribution is -0.120. The van der Waals surface area contributed by atoms with Crippen molar-refractivity contribution < 1.29 is 13.6 Å². The molecule has 1 amide bonds. The van der Waals surface area contributed by atoms with Crippen LogP contribution in [0.4, 0.5) is 0 Å². The summed E-state index contributed by atoms with van der Waals surface area (Å²) in [5.41, 5.74) is 0.900. The minimum atomic E-state index is -1.95. The van der Waals surface area contributed by atoms with Crippen LogP contribution in [0.2, 0.25) is 0 Å². The number of rotatable bonds is 5. The van der Waals surface area contributed by atoms with Crippen LogP contribution < -0.4 is 5.32 Å². The second-order valence-corrected chi connectivity index (χ2v) is 4.87. The number of nitrogens with one attached hydrogen (secondary N) is 1. The van der Waals surface area contributed by atoms with Gasteiger partial charge in [-0.15, -0.1) is 0 Å². The Kier molecular flexibility index (Phi) is 5.65. The average molecular weight is 306 g/mol. The summed E-state index contributed by atoms with van der Waals surface area (Å²) in [6, 6.07) is 6.58. The molecule has 88 valence electrons. The number of halogens is 1. The van der Waals surface area contributed by atoms with Crippen molar-refractivity contribution in [3.63, 3.8) is 0 Å². The number of amides is 1. The number of hydrogen-bond acceptors (Lipinski definition) is 2. The summed E-state index contributed by atoms with van der Waals surface area (Å²) >= 11 is 1.23. The number of hydrogen-bond donors (Lipinski definition) is 2. The topological polar surface area (TPSA) is 66.4 Å². The Labute approximate surface area is 105 Å². The van der Waals surface area contributed by atoms with Gasteiger partial charge in [0, 0.05) is 18.3 Å². The molecule has 0 saturated heterocycles. The van der Waals surface area contributed by atoms with Gasteiger partial charge in [0.05, 0.1) is 4.90 Å². The molecule has 0 spiro atoms. The van der Waals surface area contributed by atoms with E-state index in [9.17, 15) is 9.00 Å². The van der Waals surface area contributed by atoms with E-state index in [2.05, 4.69) is 21.2 Å². The summed E-state index contributed by atoms with van der Waals surface area (Å²) in [6.45, 7) is 0.435. The van der Waals surface area contributed by atoms with Crippen LogP contribution in [0.1, 0.15) is 12.0 Å². The number of benzene rings is 1. The zero-order valence-corrected chi connectivity index (χ0v) is 10.9. The van der Waals surface area contributed by atoms with Crippen LogP contribution in [0.25, 0.3) is 0 Å². The van der Waals surface area contributed by atoms with E-state index >= 15 is 0 Å². The van der Waals surface area contributed by atoms with Crippen molar-refractivity contribution >= 4 is 32.9 Å². The lowest BCUT2D eigenvalue weighted by Gasteiger charge is -2.04. The third-order valence-electron chi connectivity index (χ3n) is 1.94. The van der Waals surface area contributed by atoms with Crippen molar-refractivity contribution in [3.05, 3.63) is 29.8 Å². The van der Waals surface area contributed by atoms with E-state index in [0.717, 1.165) is 5.56 Å². The van der Waals surface area contributed by atoms with Gasteiger partial charge in [-0.1, -0.05) is 28.1 Å². The minimum absolute atomic E-state index is 0.0216. The second kappa shape index (κ2) is 6.78. The largest absolute Gasteiger partial charge is 0.352 e. The quantitative estimate of drug-likeness (QED) is 0.642. The van der Waals surface area contributed by atoms with Crippen LogP contribution in [-0.4, -0.2) is 20.0 Å². The predicted molar refractivity (Wildman–Crippen MR) is 65.7 cm³/mol. The molecule has 0 bridgehead atoms. The van der Waals surface area contributed by atoms with Gasteiger partial charge in [0.2, 0.25) is 5.91 Å². The summed E-state index contributed by atoms with van der Waals surface area (Å²) in [4.78, 5) is 11.5. The van der Waals surface area contributed by atoms with Crippen molar-refractivity contribution in [1.29, 1.82) is 0 Å². The summed E-state index contributed by atoms with van der Waals surface area (Å²) in [5.74, 6) is -0.0216. The minimum Gasteiger partial charge on any atom is -0.352 e. The Bertz CT molecular complexity index is 380. The zero-order valence-electron chi connectivity index (χ0n) is 8.48. The molecule has 1 aromatic rings. The summed E-state index contributed by atoms with van der Waals surface area (Å²) in [5, 5.41) is 3.38. The van der Waals surface area contributed by atoms with Crippen molar-refractivity contribution in [1.82, 2.24) is 5.32 Å². The molecular weight excluding hydrogens is 294 g/mol. The molecule has 1 atom stereocenters. The molecule has 0 radical (unpaired) electrons. The summed E-state index contributed by atoms with van der Waals surface area (Å²) < 4.78 is 19.5. The third-order valence-corrected chi connectivity index (χ3v) is 3.01. The van der Waals surface area contributed by atoms with E-state index in [1.807, 2.05) is 0 Å². The van der Waals surface area contributed by atoms with Gasteiger partial charge in [-0.25, -0.2) is 4.21 Å². The Morgan fingerprint density at radius 1 is 1.38 bits per heavy atom. The normalized spacial score (nSPS) is 12.1. The van der Waals surface area contributed by atoms with Gasteiger partial charge in [-0.3, -0.25) is 4.79 Å². The van der Waals surface area contributed by atoms with Gasteiger partial charge in [0.25, 0.3) is 0 Å². The van der Waals surface area contributed by atoms with E-state index in [0.29, 0.717) is 23.2 Å². The lowest BCUT2D eigenvalue weighted by Crippen LogP contribution is -2.22. The Balaban J connectivity index is 2.49. The van der Waals surface area contributed by atoms with Crippen molar-refractivity contribution in [2.45, 2.75) is 17.9 Å². The molecule has 0 aromatic heterocycles. The van der Waals surface area contributed by atoms with E-state index in [4.69, 9.17) is 4.55 Å². The van der Waals surface area contributed by atoms with Crippen LogP contribution in [0, 0.1) is 0 Å². The molecule has 0 aliphatic carbocycles. The third kappa shape index (κ3) is 4.42. The van der Waals surface area contributed by atoms with Gasteiger partial charge in [0.1, 0.15) is 0 Å². The highest BCUT2D eigenvalue weighted by atomic mass is 79.9. The van der Waals surface area contributed by atoms with Crippen molar-refractivity contribution in [2.24, 2.45) is 0 Å². The molecular formula is C10H12BrNO3S. The number of carbonyl (C=O) groups is 1. The molecule has 4 nitrogen and oxygen atoms in total. The molecule has 1 unspecified atom stereocenters. The van der Waals surface area contributed by atoms with Crippen LogP contribution >= 0.6 is 15.9 Å². The van der Waals surface area contributed by atoms with E-state index in [-0.39, 0.29) is 5.91 Å². The first-order valence-electron chi connectivity index (χ1n) is 4.66. The van der Waals surface area contributed by atoms with Crippen LogP contribution in [0.15, 0.2) is 29.2 Å². The van der Waals surface area contributed by atoms with E-state index < -0.39 is 11.1 Å². The Hall–Kier alpha value is -0.720. The fourth-order valence-electron chi connectivity index (χ4n) is 1.10. The van der Waals surface area contributed by atoms with Gasteiger partial charge < -0.3 is 9.87 Å². The van der Waals surface area contributed by atoms with Crippen molar-refractivity contribution in [3.8, 4) is 0 Å². The monoisotopic (exact) mass is 305 g/mol. The zero-order chi connectivity index (χ0) is 12.0. The second-order valence-electron chi connectivity index (χ2n) is 3.11. The molecule has 16 heavy (non-hydrogen) atoms. The average Bonchev–Trinajstić information content (AvgIpc) is 2.27. The number of alkyl halides is 1. The molecule has 0 heterocycles. The van der Waals surface area contributed by atoms with Crippen LogP contribution in [0.3, 0.4) is 0 Å². The standard InChI is InChI=1S/C10H12BrNO3S/c11-6-5-10(13)12-7-8-1-3-9(4-2-8)16(14)15/h1-4H,5-7H2,(H,12,13)(H,14,15). The lowest BCUT2D eigenvalue weighted by atomic mass is 10.2. The van der Waals surface area contributed by atoms with E-state index in [1.165, 1.54) is 0 Å². The van der Waals surface area contributed by atoms with Gasteiger partial charge in [-0.05, 0) is 17.7 Å². The first-order chi connectivity index (χ1) is 7.63. The highest BCUT2D eigenvalue weighted by molar-refractivity contribution is 9.09. The fourth-order valence-corrected chi connectivity index (χ4v) is 1.83. The predicted octanol–water partition coefficient (Wildman–Crippen LogP) is 1.67. The van der Waals surface area contributed by atoms with Gasteiger partial charge >= 0.3 is 0 Å². The Morgan fingerprint density at radius 3 is 2.50 bits per heavy atom. The highest BCUT2D eigenvalue weighted by Crippen LogP contribution is 2.07. The number of carbonyl (C=O) groups excluding carboxylic acids is 1. The molecule has 0 fully saturated rings. The first kappa shape index (κ1) is 13.3. The molecule has 0 aliphatic rings. The molecule has 0 saturated carbocycles. The van der Waals surface area contributed by atoms with Crippen molar-refractivity contribution in [2.75, 3.05) is 5.33 Å². The maximum atomic E-state index is 11.2.